The van der Waals surface area contributed by atoms with Crippen LogP contribution in [0.15, 0.2) is 24.3 Å². The van der Waals surface area contributed by atoms with E-state index in [2.05, 4.69) is 22.3 Å². The Morgan fingerprint density at radius 1 is 1.06 bits per heavy atom. The topological polar surface area (TPSA) is 79.0 Å². The van der Waals surface area contributed by atoms with Gasteiger partial charge in [-0.1, -0.05) is 25.0 Å². The number of amides is 2. The van der Waals surface area contributed by atoms with E-state index in [-0.39, 0.29) is 35.6 Å². The lowest BCUT2D eigenvalue weighted by atomic mass is 9.88. The molecule has 2 amide bonds. The second-order valence-electron chi connectivity index (χ2n) is 11.3. The first-order chi connectivity index (χ1) is 17.5. The Bertz CT molecular complexity index is 1010. The molecule has 0 unspecified atom stereocenters. The highest BCUT2D eigenvalue weighted by molar-refractivity contribution is 7.99. The summed E-state index contributed by atoms with van der Waals surface area (Å²) in [6.07, 6.45) is 9.84. The Balaban J connectivity index is 1.14. The van der Waals surface area contributed by atoms with Gasteiger partial charge in [-0.05, 0) is 81.5 Å². The third-order valence-corrected chi connectivity index (χ3v) is 10.2. The van der Waals surface area contributed by atoms with Crippen molar-refractivity contribution in [1.29, 1.82) is 0 Å². The molecule has 1 aromatic rings. The molecule has 7 nitrogen and oxygen atoms in total. The molecule has 0 spiro atoms. The zero-order valence-electron chi connectivity index (χ0n) is 21.1. The van der Waals surface area contributed by atoms with E-state index in [4.69, 9.17) is 4.74 Å². The van der Waals surface area contributed by atoms with Crippen LogP contribution >= 0.6 is 11.8 Å². The van der Waals surface area contributed by atoms with Crippen molar-refractivity contribution < 1.29 is 19.1 Å². The van der Waals surface area contributed by atoms with Crippen molar-refractivity contribution in [3.8, 4) is 0 Å². The molecule has 1 aromatic carbocycles. The first-order valence-electron chi connectivity index (χ1n) is 13.6. The minimum atomic E-state index is -0.938. The van der Waals surface area contributed by atoms with Crippen LogP contribution in [-0.4, -0.2) is 88.9 Å². The fraction of sp³-hybridized carbons (Fsp3) is 0.679. The largest absolute Gasteiger partial charge is 0.367 e. The number of carbonyl (C=O) groups is 3. The highest BCUT2D eigenvalue weighted by Gasteiger charge is 2.56. The van der Waals surface area contributed by atoms with E-state index in [9.17, 15) is 14.4 Å². The third kappa shape index (κ3) is 4.39. The first-order valence-corrected chi connectivity index (χ1v) is 14.9. The predicted molar refractivity (Wildman–Crippen MR) is 139 cm³/mol. The molecule has 2 saturated carbocycles. The van der Waals surface area contributed by atoms with Crippen molar-refractivity contribution in [1.82, 2.24) is 15.1 Å². The SMILES string of the molecule is CS[C@H]1CN(C(=O)C2(NC(=O)c3ccc(C4CCN(C5CC5)CC4)cc3)CCCC2)[C@@H]2C(=O)CO[C@H]12. The molecular weight excluding hydrogens is 474 g/mol. The molecular formula is C28H37N3O4S. The molecule has 6 rings (SSSR count). The molecule has 36 heavy (non-hydrogen) atoms. The second-order valence-corrected chi connectivity index (χ2v) is 12.4. The smallest absolute Gasteiger partial charge is 0.252 e. The number of hydrogen-bond donors (Lipinski definition) is 1. The average molecular weight is 512 g/mol. The van der Waals surface area contributed by atoms with Crippen molar-refractivity contribution in [3.63, 3.8) is 0 Å². The summed E-state index contributed by atoms with van der Waals surface area (Å²) >= 11 is 1.64. The molecule has 3 heterocycles. The van der Waals surface area contributed by atoms with Gasteiger partial charge in [0.1, 0.15) is 18.2 Å². The number of hydrogen-bond acceptors (Lipinski definition) is 6. The van der Waals surface area contributed by atoms with E-state index in [1.54, 1.807) is 16.7 Å². The molecule has 5 aliphatic rings. The summed E-state index contributed by atoms with van der Waals surface area (Å²) in [4.78, 5) is 44.2. The highest BCUT2D eigenvalue weighted by atomic mass is 32.2. The number of Topliss-reactive ketones (excluding diaryl/α,β-unsaturated/α-hetero) is 1. The van der Waals surface area contributed by atoms with Gasteiger partial charge in [-0.15, -0.1) is 0 Å². The Labute approximate surface area is 217 Å². The third-order valence-electron chi connectivity index (χ3n) is 9.16. The molecule has 3 saturated heterocycles. The minimum Gasteiger partial charge on any atom is -0.367 e. The summed E-state index contributed by atoms with van der Waals surface area (Å²) in [6, 6.07) is 8.33. The van der Waals surface area contributed by atoms with Crippen LogP contribution in [0.1, 0.15) is 73.2 Å². The van der Waals surface area contributed by atoms with E-state index >= 15 is 0 Å². The molecule has 8 heteroatoms. The maximum Gasteiger partial charge on any atom is 0.252 e. The zero-order chi connectivity index (χ0) is 24.9. The number of piperidine rings is 1. The average Bonchev–Trinajstić information content (AvgIpc) is 3.35. The van der Waals surface area contributed by atoms with E-state index in [0.717, 1.165) is 18.9 Å². The summed E-state index contributed by atoms with van der Waals surface area (Å²) in [5.74, 6) is 0.214. The van der Waals surface area contributed by atoms with Gasteiger partial charge in [-0.25, -0.2) is 0 Å². The molecule has 0 radical (unpaired) electrons. The molecule has 5 fully saturated rings. The fourth-order valence-corrected chi connectivity index (χ4v) is 7.71. The van der Waals surface area contributed by atoms with Crippen molar-refractivity contribution in [2.75, 3.05) is 32.5 Å². The number of carbonyl (C=O) groups excluding carboxylic acids is 3. The van der Waals surface area contributed by atoms with Gasteiger partial charge in [0.2, 0.25) is 5.91 Å². The van der Waals surface area contributed by atoms with Crippen LogP contribution in [-0.2, 0) is 14.3 Å². The molecule has 194 valence electrons. The highest BCUT2D eigenvalue weighted by Crippen LogP contribution is 2.39. The Kier molecular flexibility index (Phi) is 6.63. The lowest BCUT2D eigenvalue weighted by Crippen LogP contribution is -2.60. The summed E-state index contributed by atoms with van der Waals surface area (Å²) in [5.41, 5.74) is 0.959. The van der Waals surface area contributed by atoms with E-state index < -0.39 is 11.6 Å². The molecule has 0 bridgehead atoms. The second kappa shape index (κ2) is 9.76. The van der Waals surface area contributed by atoms with Gasteiger partial charge >= 0.3 is 0 Å². The van der Waals surface area contributed by atoms with Gasteiger partial charge in [0.05, 0.1) is 11.4 Å². The zero-order valence-corrected chi connectivity index (χ0v) is 21.9. The molecule has 1 N–H and O–H groups in total. The lowest BCUT2D eigenvalue weighted by molar-refractivity contribution is -0.141. The monoisotopic (exact) mass is 511 g/mol. The van der Waals surface area contributed by atoms with Gasteiger partial charge in [-0.3, -0.25) is 14.4 Å². The van der Waals surface area contributed by atoms with Gasteiger partial charge in [0, 0.05) is 18.2 Å². The number of thioether (sulfide) groups is 1. The lowest BCUT2D eigenvalue weighted by Gasteiger charge is -2.35. The number of fused-ring (bicyclic) bond motifs is 1. The summed E-state index contributed by atoms with van der Waals surface area (Å²) in [7, 11) is 0. The summed E-state index contributed by atoms with van der Waals surface area (Å²) in [5, 5.41) is 3.23. The van der Waals surface area contributed by atoms with Crippen molar-refractivity contribution in [2.45, 2.75) is 86.3 Å². The number of ketones is 1. The number of nitrogens with one attached hydrogen (secondary N) is 1. The number of rotatable bonds is 6. The Morgan fingerprint density at radius 2 is 1.75 bits per heavy atom. The van der Waals surface area contributed by atoms with E-state index in [1.807, 2.05) is 18.4 Å². The van der Waals surface area contributed by atoms with Gasteiger partial charge in [-0.2, -0.15) is 11.8 Å². The van der Waals surface area contributed by atoms with E-state index in [1.165, 1.54) is 44.3 Å². The maximum absolute atomic E-state index is 13.9. The Hall–Kier alpha value is -1.90. The van der Waals surface area contributed by atoms with Gasteiger partial charge in [0.25, 0.3) is 5.91 Å². The number of likely N-dealkylation sites (tertiary alicyclic amines) is 2. The fourth-order valence-electron chi connectivity index (χ4n) is 6.91. The minimum absolute atomic E-state index is 0.0251. The van der Waals surface area contributed by atoms with Crippen molar-refractivity contribution >= 4 is 29.4 Å². The quantitative estimate of drug-likeness (QED) is 0.633. The van der Waals surface area contributed by atoms with Crippen LogP contribution in [0, 0.1) is 0 Å². The summed E-state index contributed by atoms with van der Waals surface area (Å²) in [6.45, 7) is 2.91. The standard InChI is InChI=1S/C28H37N3O4S/c1-36-23-16-31(24-22(32)17-35-25(23)24)27(34)28(12-2-3-13-28)29-26(33)20-6-4-18(5-7-20)19-10-14-30(15-11-19)21-8-9-21/h4-7,19,21,23-25H,2-3,8-17H2,1H3,(H,29,33)/t23-,24+,25+/m0/s1. The van der Waals surface area contributed by atoms with Crippen LogP contribution in [0.2, 0.25) is 0 Å². The maximum atomic E-state index is 13.9. The number of ether oxygens (including phenoxy) is 1. The summed E-state index contributed by atoms with van der Waals surface area (Å²) < 4.78 is 5.75. The van der Waals surface area contributed by atoms with Crippen molar-refractivity contribution in [3.05, 3.63) is 35.4 Å². The normalized spacial score (nSPS) is 30.5. The molecule has 0 aromatic heterocycles. The van der Waals surface area contributed by atoms with Crippen LogP contribution in [0.25, 0.3) is 0 Å². The van der Waals surface area contributed by atoms with Crippen LogP contribution in [0.4, 0.5) is 0 Å². The van der Waals surface area contributed by atoms with Crippen LogP contribution in [0.3, 0.4) is 0 Å². The van der Waals surface area contributed by atoms with Gasteiger partial charge < -0.3 is 19.9 Å². The van der Waals surface area contributed by atoms with Crippen LogP contribution < -0.4 is 5.32 Å². The molecule has 2 aliphatic carbocycles. The molecule has 3 atom stereocenters. The number of nitrogens with zero attached hydrogens (tertiary/aromatic N) is 2. The number of benzene rings is 1. The predicted octanol–water partition coefficient (Wildman–Crippen LogP) is 2.98. The van der Waals surface area contributed by atoms with Crippen molar-refractivity contribution in [2.24, 2.45) is 0 Å². The molecule has 3 aliphatic heterocycles. The Morgan fingerprint density at radius 3 is 2.39 bits per heavy atom. The van der Waals surface area contributed by atoms with Gasteiger partial charge in [0.15, 0.2) is 5.78 Å². The first kappa shape index (κ1) is 24.4. The van der Waals surface area contributed by atoms with E-state index in [0.29, 0.717) is 30.9 Å². The van der Waals surface area contributed by atoms with Crippen LogP contribution in [0.5, 0.6) is 0 Å².